The zero-order chi connectivity index (χ0) is 14.6. The van der Waals surface area contributed by atoms with Gasteiger partial charge in [-0.15, -0.1) is 0 Å². The molecule has 0 aliphatic rings. The lowest BCUT2D eigenvalue weighted by molar-refractivity contribution is 0.0602. The van der Waals surface area contributed by atoms with Gasteiger partial charge in [-0.05, 0) is 25.5 Å². The quantitative estimate of drug-likeness (QED) is 0.659. The second-order valence-electron chi connectivity index (χ2n) is 4.63. The van der Waals surface area contributed by atoms with Gasteiger partial charge < -0.3 is 15.4 Å². The first kappa shape index (κ1) is 15.3. The first-order valence-electron chi connectivity index (χ1n) is 6.32. The van der Waals surface area contributed by atoms with Crippen LogP contribution in [-0.2, 0) is 4.74 Å². The molecule has 19 heavy (non-hydrogen) atoms. The van der Waals surface area contributed by atoms with E-state index in [9.17, 15) is 9.18 Å². The maximum Gasteiger partial charge on any atom is 0.340 e. The summed E-state index contributed by atoms with van der Waals surface area (Å²) >= 11 is 0. The summed E-state index contributed by atoms with van der Waals surface area (Å²) < 4.78 is 18.6. The van der Waals surface area contributed by atoms with E-state index in [0.29, 0.717) is 5.69 Å². The predicted molar refractivity (Wildman–Crippen MR) is 74.9 cm³/mol. The number of nitrogens with zero attached hydrogens (tertiary/aromatic N) is 1. The Balaban J connectivity index is 3.17. The smallest absolute Gasteiger partial charge is 0.340 e. The second-order valence-corrected chi connectivity index (χ2v) is 4.63. The van der Waals surface area contributed by atoms with Crippen molar-refractivity contribution in [2.24, 2.45) is 0 Å². The molecule has 0 aliphatic heterocycles. The molecule has 0 radical (unpaired) electrons. The van der Waals surface area contributed by atoms with Crippen molar-refractivity contribution >= 4 is 17.3 Å². The lowest BCUT2D eigenvalue weighted by Gasteiger charge is -2.27. The van der Waals surface area contributed by atoms with E-state index >= 15 is 0 Å². The number of rotatable bonds is 5. The number of ether oxygens (including phenoxy) is 1. The standard InChI is InChI=1S/C14H21FN2O2/c1-5-6-9(2)17(3)13-7-10(14(18)19-4)12(16)8-11(13)15/h7-9H,5-6,16H2,1-4H3. The van der Waals surface area contributed by atoms with Gasteiger partial charge in [0.15, 0.2) is 0 Å². The van der Waals surface area contributed by atoms with Gasteiger partial charge in [-0.3, -0.25) is 0 Å². The third-order valence-electron chi connectivity index (χ3n) is 3.27. The van der Waals surface area contributed by atoms with E-state index in [2.05, 4.69) is 11.7 Å². The number of halogens is 1. The Bertz CT molecular complexity index is 463. The Hall–Kier alpha value is -1.78. The van der Waals surface area contributed by atoms with Crippen LogP contribution in [0.15, 0.2) is 12.1 Å². The normalized spacial score (nSPS) is 12.1. The summed E-state index contributed by atoms with van der Waals surface area (Å²) in [6.07, 6.45) is 1.94. The van der Waals surface area contributed by atoms with Gasteiger partial charge >= 0.3 is 5.97 Å². The molecule has 0 heterocycles. The molecule has 1 aromatic rings. The number of carbonyl (C=O) groups excluding carboxylic acids is 1. The monoisotopic (exact) mass is 268 g/mol. The van der Waals surface area contributed by atoms with Gasteiger partial charge in [0.2, 0.25) is 0 Å². The van der Waals surface area contributed by atoms with Gasteiger partial charge in [0.25, 0.3) is 0 Å². The molecule has 1 rings (SSSR count). The highest BCUT2D eigenvalue weighted by molar-refractivity contribution is 5.96. The molecule has 0 bridgehead atoms. The van der Waals surface area contributed by atoms with E-state index in [1.165, 1.54) is 13.2 Å². The van der Waals surface area contributed by atoms with Crippen molar-refractivity contribution in [3.8, 4) is 0 Å². The van der Waals surface area contributed by atoms with Gasteiger partial charge in [0.1, 0.15) is 5.82 Å². The summed E-state index contributed by atoms with van der Waals surface area (Å²) in [7, 11) is 3.07. The summed E-state index contributed by atoms with van der Waals surface area (Å²) in [5, 5.41) is 0. The first-order chi connectivity index (χ1) is 8.92. The van der Waals surface area contributed by atoms with Crippen molar-refractivity contribution in [3.63, 3.8) is 0 Å². The lowest BCUT2D eigenvalue weighted by Crippen LogP contribution is -2.29. The number of carbonyl (C=O) groups is 1. The van der Waals surface area contributed by atoms with Crippen molar-refractivity contribution in [1.29, 1.82) is 0 Å². The Morgan fingerprint density at radius 3 is 2.68 bits per heavy atom. The Kier molecular flexibility index (Phi) is 5.15. The molecular formula is C14H21FN2O2. The fraction of sp³-hybridized carbons (Fsp3) is 0.500. The van der Waals surface area contributed by atoms with Gasteiger partial charge in [-0.1, -0.05) is 13.3 Å². The number of hydrogen-bond acceptors (Lipinski definition) is 4. The van der Waals surface area contributed by atoms with Crippen molar-refractivity contribution in [2.75, 3.05) is 24.8 Å². The predicted octanol–water partition coefficient (Wildman–Crippen LogP) is 2.82. The highest BCUT2D eigenvalue weighted by Crippen LogP contribution is 2.27. The average molecular weight is 268 g/mol. The van der Waals surface area contributed by atoms with Crippen LogP contribution in [0.3, 0.4) is 0 Å². The van der Waals surface area contributed by atoms with Gasteiger partial charge in [-0.2, -0.15) is 0 Å². The lowest BCUT2D eigenvalue weighted by atomic mass is 10.1. The van der Waals surface area contributed by atoms with E-state index in [-0.39, 0.29) is 17.3 Å². The number of nitrogen functional groups attached to an aromatic ring is 1. The molecule has 2 N–H and O–H groups in total. The Morgan fingerprint density at radius 2 is 2.16 bits per heavy atom. The highest BCUT2D eigenvalue weighted by Gasteiger charge is 2.19. The molecule has 1 atom stereocenters. The van der Waals surface area contributed by atoms with Crippen molar-refractivity contribution in [1.82, 2.24) is 0 Å². The summed E-state index contributed by atoms with van der Waals surface area (Å²) in [4.78, 5) is 13.4. The minimum atomic E-state index is -0.560. The van der Waals surface area contributed by atoms with E-state index in [4.69, 9.17) is 5.73 Å². The molecule has 0 saturated carbocycles. The fourth-order valence-electron chi connectivity index (χ4n) is 1.98. The molecule has 1 unspecified atom stereocenters. The summed E-state index contributed by atoms with van der Waals surface area (Å²) in [5.41, 5.74) is 6.28. The number of nitrogens with two attached hydrogens (primary N) is 1. The molecule has 1 aromatic carbocycles. The van der Waals surface area contributed by atoms with Crippen LogP contribution in [0.2, 0.25) is 0 Å². The average Bonchev–Trinajstić information content (AvgIpc) is 2.37. The van der Waals surface area contributed by atoms with Crippen LogP contribution < -0.4 is 10.6 Å². The van der Waals surface area contributed by atoms with Crippen LogP contribution in [0, 0.1) is 5.82 Å². The summed E-state index contributed by atoms with van der Waals surface area (Å²) in [6.45, 7) is 4.08. The number of esters is 1. The van der Waals surface area contributed by atoms with E-state index in [0.717, 1.165) is 18.9 Å². The number of benzene rings is 1. The minimum absolute atomic E-state index is 0.0876. The molecule has 0 fully saturated rings. The van der Waals surface area contributed by atoms with Crippen LogP contribution in [0.25, 0.3) is 0 Å². The van der Waals surface area contributed by atoms with Crippen molar-refractivity contribution in [2.45, 2.75) is 32.7 Å². The molecule has 5 heteroatoms. The van der Waals surface area contributed by atoms with Crippen LogP contribution in [0.4, 0.5) is 15.8 Å². The molecule has 0 spiro atoms. The third-order valence-corrected chi connectivity index (χ3v) is 3.27. The van der Waals surface area contributed by atoms with Crippen LogP contribution in [-0.4, -0.2) is 26.2 Å². The minimum Gasteiger partial charge on any atom is -0.465 e. The summed E-state index contributed by atoms with van der Waals surface area (Å²) in [6, 6.07) is 2.79. The Labute approximate surface area is 113 Å². The maximum absolute atomic E-state index is 14.0. The van der Waals surface area contributed by atoms with Crippen molar-refractivity contribution < 1.29 is 13.9 Å². The molecule has 0 aliphatic carbocycles. The van der Waals surface area contributed by atoms with Gasteiger partial charge in [0, 0.05) is 18.8 Å². The van der Waals surface area contributed by atoms with Crippen molar-refractivity contribution in [3.05, 3.63) is 23.5 Å². The van der Waals surface area contributed by atoms with E-state index < -0.39 is 11.8 Å². The highest BCUT2D eigenvalue weighted by atomic mass is 19.1. The third kappa shape index (κ3) is 3.36. The Morgan fingerprint density at radius 1 is 1.53 bits per heavy atom. The van der Waals surface area contributed by atoms with Crippen LogP contribution in [0.1, 0.15) is 37.0 Å². The number of hydrogen-bond donors (Lipinski definition) is 1. The van der Waals surface area contributed by atoms with E-state index in [1.54, 1.807) is 7.05 Å². The fourth-order valence-corrected chi connectivity index (χ4v) is 1.98. The molecule has 0 aromatic heterocycles. The van der Waals surface area contributed by atoms with E-state index in [1.807, 2.05) is 11.8 Å². The molecule has 0 amide bonds. The zero-order valence-electron chi connectivity index (χ0n) is 11.9. The van der Waals surface area contributed by atoms with Crippen LogP contribution in [0.5, 0.6) is 0 Å². The molecule has 4 nitrogen and oxygen atoms in total. The molecule has 106 valence electrons. The summed E-state index contributed by atoms with van der Waals surface area (Å²) in [5.74, 6) is -0.995. The second kappa shape index (κ2) is 6.41. The zero-order valence-corrected chi connectivity index (χ0v) is 11.9. The molecular weight excluding hydrogens is 247 g/mol. The number of methoxy groups -OCH3 is 1. The van der Waals surface area contributed by atoms with Gasteiger partial charge in [0.05, 0.1) is 18.4 Å². The largest absolute Gasteiger partial charge is 0.465 e. The first-order valence-corrected chi connectivity index (χ1v) is 6.32. The van der Waals surface area contributed by atoms with Gasteiger partial charge in [-0.25, -0.2) is 9.18 Å². The molecule has 0 saturated heterocycles. The maximum atomic E-state index is 14.0. The topological polar surface area (TPSA) is 55.6 Å². The SMILES string of the molecule is CCCC(C)N(C)c1cc(C(=O)OC)c(N)cc1F. The van der Waals surface area contributed by atoms with Crippen LogP contribution >= 0.6 is 0 Å². The number of anilines is 2.